The maximum Gasteiger partial charge on any atom is 0.316 e. The number of hydrogen-bond donors (Lipinski definition) is 6. The Morgan fingerprint density at radius 3 is 2.30 bits per heavy atom. The molecule has 0 aliphatic carbocycles. The summed E-state index contributed by atoms with van der Waals surface area (Å²) >= 11 is 0. The van der Waals surface area contributed by atoms with Gasteiger partial charge in [-0.25, -0.2) is 0 Å². The van der Waals surface area contributed by atoms with E-state index in [-0.39, 0.29) is 38.1 Å². The monoisotopic (exact) mass is 765 g/mol. The fourth-order valence-corrected chi connectivity index (χ4v) is 7.73. The Morgan fingerprint density at radius 2 is 1.69 bits per heavy atom. The zero-order chi connectivity index (χ0) is 40.5. The van der Waals surface area contributed by atoms with Crippen molar-refractivity contribution in [1.82, 2.24) is 15.5 Å². The fraction of sp³-hybridized carbons (Fsp3) is 0.775. The maximum absolute atomic E-state index is 14.3. The molecule has 3 rings (SSSR count). The molecule has 2 heterocycles. The van der Waals surface area contributed by atoms with Crippen LogP contribution < -0.4 is 10.6 Å². The lowest BCUT2D eigenvalue weighted by molar-refractivity contribution is -0.298. The van der Waals surface area contributed by atoms with E-state index >= 15 is 0 Å². The molecule has 0 saturated carbocycles. The molecule has 0 radical (unpaired) electrons. The number of ether oxygens (including phenoxy) is 4. The lowest BCUT2D eigenvalue weighted by Crippen LogP contribution is -2.60. The number of ketones is 1. The van der Waals surface area contributed by atoms with Gasteiger partial charge >= 0.3 is 5.97 Å². The van der Waals surface area contributed by atoms with Crippen LogP contribution >= 0.6 is 0 Å². The van der Waals surface area contributed by atoms with Gasteiger partial charge in [0.1, 0.15) is 23.7 Å². The first kappa shape index (κ1) is 45.9. The van der Waals surface area contributed by atoms with Gasteiger partial charge in [0.25, 0.3) is 0 Å². The van der Waals surface area contributed by atoms with E-state index in [9.17, 15) is 34.8 Å². The predicted octanol–water partition coefficient (Wildman–Crippen LogP) is 1.59. The number of cyclic esters (lactones) is 1. The number of esters is 1. The summed E-state index contributed by atoms with van der Waals surface area (Å²) in [5.74, 6) is -5.57. The van der Waals surface area contributed by atoms with Gasteiger partial charge in [0, 0.05) is 24.5 Å². The Hall–Kier alpha value is -2.53. The van der Waals surface area contributed by atoms with Gasteiger partial charge in [0.15, 0.2) is 12.1 Å². The quantitative estimate of drug-likeness (QED) is 0.102. The molecule has 14 atom stereocenters. The third kappa shape index (κ3) is 11.7. The summed E-state index contributed by atoms with van der Waals surface area (Å²) in [5, 5.41) is 51.4. The van der Waals surface area contributed by atoms with E-state index in [1.165, 1.54) is 20.8 Å². The molecule has 1 amide bonds. The minimum absolute atomic E-state index is 0.0419. The van der Waals surface area contributed by atoms with Crippen LogP contribution in [0.15, 0.2) is 30.3 Å². The highest BCUT2D eigenvalue weighted by atomic mass is 16.7. The molecule has 0 spiro atoms. The molecule has 2 saturated heterocycles. The summed E-state index contributed by atoms with van der Waals surface area (Å²) in [7, 11) is 3.69. The number of carbonyl (C=O) groups is 3. The van der Waals surface area contributed by atoms with Crippen molar-refractivity contribution in [2.75, 3.05) is 33.8 Å². The highest BCUT2D eigenvalue weighted by Gasteiger charge is 2.51. The number of nitrogens with one attached hydrogen (secondary N) is 2. The van der Waals surface area contributed by atoms with Crippen molar-refractivity contribution in [2.24, 2.45) is 17.8 Å². The van der Waals surface area contributed by atoms with E-state index in [4.69, 9.17) is 18.9 Å². The zero-order valence-corrected chi connectivity index (χ0v) is 33.9. The molecule has 1 aromatic carbocycles. The number of rotatable bonds is 12. The normalized spacial score (nSPS) is 38.3. The minimum Gasteiger partial charge on any atom is -0.459 e. The van der Waals surface area contributed by atoms with Gasteiger partial charge in [-0.1, -0.05) is 51.1 Å². The van der Waals surface area contributed by atoms with Crippen LogP contribution in [0.2, 0.25) is 0 Å². The second-order valence-electron chi connectivity index (χ2n) is 16.2. The average Bonchev–Trinajstić information content (AvgIpc) is 3.12. The summed E-state index contributed by atoms with van der Waals surface area (Å²) in [6, 6.07) is 8.97. The van der Waals surface area contributed by atoms with Crippen molar-refractivity contribution < 1.29 is 53.8 Å². The molecule has 1 aromatic rings. The summed E-state index contributed by atoms with van der Waals surface area (Å²) in [6.07, 6.45) is -6.21. The van der Waals surface area contributed by atoms with E-state index in [0.717, 1.165) is 12.0 Å². The molecule has 0 bridgehead atoms. The minimum atomic E-state index is -2.03. The third-order valence-corrected chi connectivity index (χ3v) is 11.1. The Kier molecular flexibility index (Phi) is 17.0. The molecule has 2 fully saturated rings. The topological polar surface area (TPSA) is 196 Å². The largest absolute Gasteiger partial charge is 0.459 e. The van der Waals surface area contributed by atoms with Crippen LogP contribution in [0.1, 0.15) is 80.2 Å². The van der Waals surface area contributed by atoms with Crippen molar-refractivity contribution in [3.05, 3.63) is 35.9 Å². The maximum atomic E-state index is 14.3. The second kappa shape index (κ2) is 20.1. The van der Waals surface area contributed by atoms with Gasteiger partial charge in [-0.15, -0.1) is 0 Å². The van der Waals surface area contributed by atoms with Gasteiger partial charge in [-0.3, -0.25) is 14.4 Å². The molecule has 1 unspecified atom stereocenters. The number of hydrogen-bond acceptors (Lipinski definition) is 13. The Morgan fingerprint density at radius 1 is 1.04 bits per heavy atom. The molecular weight excluding hydrogens is 698 g/mol. The van der Waals surface area contributed by atoms with E-state index < -0.39 is 89.5 Å². The number of Topliss-reactive ketones (excluding diaryl/α,β-unsaturated/α-hetero) is 1. The van der Waals surface area contributed by atoms with Crippen LogP contribution in [0.5, 0.6) is 0 Å². The predicted molar refractivity (Wildman–Crippen MR) is 202 cm³/mol. The number of aliphatic hydroxyl groups excluding tert-OH is 3. The van der Waals surface area contributed by atoms with Crippen LogP contribution in [0.25, 0.3) is 0 Å². The first-order chi connectivity index (χ1) is 25.2. The number of aliphatic hydroxyl groups is 4. The molecule has 54 heavy (non-hydrogen) atoms. The summed E-state index contributed by atoms with van der Waals surface area (Å²) in [5.41, 5.74) is -2.31. The van der Waals surface area contributed by atoms with Crippen LogP contribution in [0.4, 0.5) is 0 Å². The molecular formula is C40H67N3O11. The van der Waals surface area contributed by atoms with Crippen LogP contribution in [-0.2, 0) is 39.8 Å². The molecule has 14 nitrogen and oxygen atoms in total. The van der Waals surface area contributed by atoms with E-state index in [2.05, 4.69) is 10.6 Å². The molecule has 308 valence electrons. The SMILES string of the molecule is CC[C@H]1OC(=O)[C@H](C)C(=O)[C@H](C)[C@@H](O[C@@H]2O[C@H](C)C[C@H](N(C)C)[C@H]2O)[C@](C)(OCC(O)CNCCc2ccccc2)C[C@@H](C)NC(=O)[C@H](C)[C@@H](O)[C@]1(C)O. The number of likely N-dealkylation sites (N-methyl/N-ethyl adjacent to an activating group) is 1. The van der Waals surface area contributed by atoms with E-state index in [0.29, 0.717) is 13.0 Å². The van der Waals surface area contributed by atoms with Crippen molar-refractivity contribution in [1.29, 1.82) is 0 Å². The van der Waals surface area contributed by atoms with Crippen molar-refractivity contribution >= 4 is 17.7 Å². The van der Waals surface area contributed by atoms with Crippen molar-refractivity contribution in [3.63, 3.8) is 0 Å². The Labute approximate surface area is 321 Å². The number of benzene rings is 1. The molecule has 0 aromatic heterocycles. The van der Waals surface area contributed by atoms with Gasteiger partial charge in [-0.05, 0) is 86.5 Å². The van der Waals surface area contributed by atoms with Gasteiger partial charge in [-0.2, -0.15) is 0 Å². The molecule has 2 aliphatic rings. The second-order valence-corrected chi connectivity index (χ2v) is 16.2. The molecule has 6 N–H and O–H groups in total. The van der Waals surface area contributed by atoms with Crippen molar-refractivity contribution in [2.45, 2.75) is 147 Å². The van der Waals surface area contributed by atoms with Gasteiger partial charge in [0.05, 0.1) is 42.5 Å². The number of carbonyl (C=O) groups excluding carboxylic acids is 3. The first-order valence-corrected chi connectivity index (χ1v) is 19.4. The highest BCUT2D eigenvalue weighted by molar-refractivity contribution is 6.00. The lowest BCUT2D eigenvalue weighted by Gasteiger charge is -2.47. The third-order valence-electron chi connectivity index (χ3n) is 11.1. The Bertz CT molecular complexity index is 1350. The highest BCUT2D eigenvalue weighted by Crippen LogP contribution is 2.36. The van der Waals surface area contributed by atoms with Crippen LogP contribution in [0.3, 0.4) is 0 Å². The zero-order valence-electron chi connectivity index (χ0n) is 33.9. The van der Waals surface area contributed by atoms with E-state index in [1.54, 1.807) is 27.7 Å². The molecule has 14 heteroatoms. The fourth-order valence-electron chi connectivity index (χ4n) is 7.73. The van der Waals surface area contributed by atoms with Crippen LogP contribution in [0, 0.1) is 17.8 Å². The summed E-state index contributed by atoms with van der Waals surface area (Å²) in [4.78, 5) is 43.3. The standard InChI is InChI=1S/C40H67N3O11/c1-11-31-40(8,50)34(47)27(6)36(48)42-23(2)20-39(7,51-22-29(44)21-41-18-17-28-15-13-12-14-16-28)35(25(4)32(45)26(5)37(49)53-31)54-38-33(46)30(43(9)10)19-24(3)52-38/h12-16,23-27,29-31,33-35,38,41,44,46-47,50H,11,17-22H2,1-10H3,(H,42,48)/t23-,24-,25+,26-,27-,29?,30+,31-,33-,34-,35-,38+,39-,40-/m1/s1. The summed E-state index contributed by atoms with van der Waals surface area (Å²) in [6.45, 7) is 13.4. The number of nitrogens with zero attached hydrogens (tertiary/aromatic N) is 1. The lowest BCUT2D eigenvalue weighted by atomic mass is 9.79. The molecule has 2 aliphatic heterocycles. The van der Waals surface area contributed by atoms with E-state index in [1.807, 2.05) is 56.3 Å². The number of amides is 1. The van der Waals surface area contributed by atoms with Gasteiger partial charge < -0.3 is 54.9 Å². The Balaban J connectivity index is 2.02. The van der Waals surface area contributed by atoms with Crippen LogP contribution in [-0.4, -0.2) is 143 Å². The average molecular weight is 766 g/mol. The smallest absolute Gasteiger partial charge is 0.316 e. The van der Waals surface area contributed by atoms with Crippen molar-refractivity contribution in [3.8, 4) is 0 Å². The van der Waals surface area contributed by atoms with Gasteiger partial charge in [0.2, 0.25) is 5.91 Å². The summed E-state index contributed by atoms with van der Waals surface area (Å²) < 4.78 is 25.0. The first-order valence-electron chi connectivity index (χ1n) is 19.4.